The zero-order valence-electron chi connectivity index (χ0n) is 20.6. The van der Waals surface area contributed by atoms with Gasteiger partial charge in [0.15, 0.2) is 0 Å². The Bertz CT molecular complexity index is 1170. The number of carbonyl (C=O) groups is 1. The molecule has 2 aromatic carbocycles. The molecule has 2 aromatic rings. The van der Waals surface area contributed by atoms with E-state index in [1.54, 1.807) is 6.07 Å². The molecular weight excluding hydrogens is 459 g/mol. The summed E-state index contributed by atoms with van der Waals surface area (Å²) < 4.78 is 25.3. The van der Waals surface area contributed by atoms with Gasteiger partial charge in [0.25, 0.3) is 5.91 Å². The van der Waals surface area contributed by atoms with Gasteiger partial charge < -0.3 is 19.7 Å². The van der Waals surface area contributed by atoms with Crippen molar-refractivity contribution in [3.8, 4) is 0 Å². The number of amides is 1. The van der Waals surface area contributed by atoms with Gasteiger partial charge in [0.2, 0.25) is 0 Å². The normalized spacial score (nSPS) is 22.9. The number of anilines is 1. The first-order valence-corrected chi connectivity index (χ1v) is 13.0. The molecule has 6 rings (SSSR count). The molecule has 0 radical (unpaired) electrons. The molecule has 0 bridgehead atoms. The molecule has 1 amide bonds. The summed E-state index contributed by atoms with van der Waals surface area (Å²) in [6, 6.07) is 10.7. The molecule has 1 N–H and O–H groups in total. The standard InChI is InChI=1S/C28H33FN4O3/c29-22-2-4-25-24(18-22)26(28(34)30-25)27-23-3-1-20(17-21(23)19-36-27)5-6-31-7-9-32(10-8-31)11-12-33-13-15-35-16-14-33/h1-4,17-18H,5-16,19H2,(H,30,34). The van der Waals surface area contributed by atoms with Crippen molar-refractivity contribution in [3.63, 3.8) is 0 Å². The van der Waals surface area contributed by atoms with E-state index in [4.69, 9.17) is 9.47 Å². The van der Waals surface area contributed by atoms with E-state index in [1.165, 1.54) is 17.7 Å². The lowest BCUT2D eigenvalue weighted by Gasteiger charge is -2.36. The number of hydrogen-bond acceptors (Lipinski definition) is 6. The second kappa shape index (κ2) is 10.3. The number of carbonyl (C=O) groups excluding carboxylic acids is 1. The molecule has 0 atom stereocenters. The van der Waals surface area contributed by atoms with E-state index in [9.17, 15) is 9.18 Å². The summed E-state index contributed by atoms with van der Waals surface area (Å²) in [7, 11) is 0. The molecule has 4 aliphatic heterocycles. The van der Waals surface area contributed by atoms with Crippen LogP contribution in [0.1, 0.15) is 22.3 Å². The Hall–Kier alpha value is -2.78. The van der Waals surface area contributed by atoms with Gasteiger partial charge in [-0.2, -0.15) is 0 Å². The van der Waals surface area contributed by atoms with Crippen LogP contribution >= 0.6 is 0 Å². The number of halogens is 1. The molecule has 4 aliphatic rings. The van der Waals surface area contributed by atoms with Crippen molar-refractivity contribution in [2.45, 2.75) is 13.0 Å². The number of nitrogens with zero attached hydrogens (tertiary/aromatic N) is 3. The lowest BCUT2D eigenvalue weighted by Crippen LogP contribution is -2.49. The van der Waals surface area contributed by atoms with Gasteiger partial charge in [0.05, 0.1) is 18.8 Å². The van der Waals surface area contributed by atoms with Crippen LogP contribution in [0.25, 0.3) is 11.3 Å². The quantitative estimate of drug-likeness (QED) is 0.626. The van der Waals surface area contributed by atoms with Crippen LogP contribution in [-0.2, 0) is 27.3 Å². The predicted molar refractivity (Wildman–Crippen MR) is 137 cm³/mol. The Labute approximate surface area is 211 Å². The second-order valence-electron chi connectivity index (χ2n) is 10.0. The summed E-state index contributed by atoms with van der Waals surface area (Å²) >= 11 is 0. The van der Waals surface area contributed by atoms with E-state index >= 15 is 0 Å². The molecule has 0 saturated carbocycles. The molecule has 36 heavy (non-hydrogen) atoms. The van der Waals surface area contributed by atoms with Crippen molar-refractivity contribution in [1.82, 2.24) is 14.7 Å². The fraction of sp³-hybridized carbons (Fsp3) is 0.464. The van der Waals surface area contributed by atoms with Gasteiger partial charge in [-0.3, -0.25) is 14.6 Å². The Balaban J connectivity index is 1.04. The molecule has 0 spiro atoms. The van der Waals surface area contributed by atoms with Crippen molar-refractivity contribution >= 4 is 22.9 Å². The highest BCUT2D eigenvalue weighted by Gasteiger charge is 2.33. The van der Waals surface area contributed by atoms with Gasteiger partial charge in [0, 0.05) is 81.3 Å². The Kier molecular flexibility index (Phi) is 6.75. The van der Waals surface area contributed by atoms with Gasteiger partial charge >= 0.3 is 0 Å². The van der Waals surface area contributed by atoms with E-state index in [1.807, 2.05) is 6.07 Å². The largest absolute Gasteiger partial charge is 0.487 e. The zero-order chi connectivity index (χ0) is 24.5. The maximum Gasteiger partial charge on any atom is 0.260 e. The minimum atomic E-state index is -0.366. The SMILES string of the molecule is O=C1Nc2ccc(F)cc2C1=C1OCc2cc(CCN3CCN(CCN4CCOCC4)CC3)ccc21. The summed E-state index contributed by atoms with van der Waals surface area (Å²) in [5.74, 6) is -0.0620. The molecule has 2 fully saturated rings. The Morgan fingerprint density at radius 2 is 1.56 bits per heavy atom. The van der Waals surface area contributed by atoms with Crippen molar-refractivity contribution in [2.75, 3.05) is 77.4 Å². The molecule has 0 aromatic heterocycles. The predicted octanol–water partition coefficient (Wildman–Crippen LogP) is 2.67. The van der Waals surface area contributed by atoms with Crippen molar-refractivity contribution in [3.05, 3.63) is 64.5 Å². The number of piperazine rings is 1. The lowest BCUT2D eigenvalue weighted by atomic mass is 9.98. The second-order valence-corrected chi connectivity index (χ2v) is 10.0. The monoisotopic (exact) mass is 492 g/mol. The first kappa shape index (κ1) is 23.6. The van der Waals surface area contributed by atoms with Gasteiger partial charge in [-0.15, -0.1) is 0 Å². The maximum absolute atomic E-state index is 13.9. The number of benzene rings is 2. The molecule has 4 heterocycles. The highest BCUT2D eigenvalue weighted by Crippen LogP contribution is 2.42. The highest BCUT2D eigenvalue weighted by molar-refractivity contribution is 6.36. The summed E-state index contributed by atoms with van der Waals surface area (Å²) in [6.07, 6.45) is 0.988. The van der Waals surface area contributed by atoms with Crippen LogP contribution in [0.3, 0.4) is 0 Å². The van der Waals surface area contributed by atoms with Crippen LogP contribution in [0.5, 0.6) is 0 Å². The minimum Gasteiger partial charge on any atom is -0.487 e. The Morgan fingerprint density at radius 3 is 2.33 bits per heavy atom. The van der Waals surface area contributed by atoms with Crippen molar-refractivity contribution < 1.29 is 18.7 Å². The van der Waals surface area contributed by atoms with E-state index in [2.05, 4.69) is 32.1 Å². The minimum absolute atomic E-state index is 0.244. The summed E-state index contributed by atoms with van der Waals surface area (Å²) in [5.41, 5.74) is 4.90. The molecule has 0 aliphatic carbocycles. The number of rotatable bonds is 6. The third kappa shape index (κ3) is 4.91. The van der Waals surface area contributed by atoms with Crippen LogP contribution in [0.15, 0.2) is 36.4 Å². The van der Waals surface area contributed by atoms with Crippen LogP contribution in [0.4, 0.5) is 10.1 Å². The third-order valence-electron chi connectivity index (χ3n) is 7.76. The summed E-state index contributed by atoms with van der Waals surface area (Å²) in [6.45, 7) is 12.1. The van der Waals surface area contributed by atoms with Crippen LogP contribution in [-0.4, -0.2) is 92.7 Å². The van der Waals surface area contributed by atoms with Gasteiger partial charge in [0.1, 0.15) is 18.2 Å². The topological polar surface area (TPSA) is 57.3 Å². The fourth-order valence-electron chi connectivity index (χ4n) is 5.57. The van der Waals surface area contributed by atoms with Crippen LogP contribution in [0, 0.1) is 5.82 Å². The maximum atomic E-state index is 13.9. The molecule has 190 valence electrons. The van der Waals surface area contributed by atoms with E-state index < -0.39 is 0 Å². The summed E-state index contributed by atoms with van der Waals surface area (Å²) in [4.78, 5) is 20.3. The summed E-state index contributed by atoms with van der Waals surface area (Å²) in [5, 5.41) is 2.82. The third-order valence-corrected chi connectivity index (χ3v) is 7.76. The van der Waals surface area contributed by atoms with Gasteiger partial charge in [-0.05, 0) is 30.2 Å². The molecular formula is C28H33FN4O3. The van der Waals surface area contributed by atoms with Crippen molar-refractivity contribution in [2.24, 2.45) is 0 Å². The molecule has 0 unspecified atom stereocenters. The van der Waals surface area contributed by atoms with Crippen LogP contribution < -0.4 is 5.32 Å². The zero-order valence-corrected chi connectivity index (χ0v) is 20.6. The first-order chi connectivity index (χ1) is 17.6. The molecule has 8 heteroatoms. The van der Waals surface area contributed by atoms with E-state index in [0.717, 1.165) is 89.7 Å². The average Bonchev–Trinajstić information content (AvgIpc) is 3.46. The fourth-order valence-corrected chi connectivity index (χ4v) is 5.57. The van der Waals surface area contributed by atoms with E-state index in [0.29, 0.717) is 29.2 Å². The average molecular weight is 493 g/mol. The highest BCUT2D eigenvalue weighted by atomic mass is 19.1. The van der Waals surface area contributed by atoms with Gasteiger partial charge in [-0.1, -0.05) is 18.2 Å². The number of ether oxygens (including phenoxy) is 2. The Morgan fingerprint density at radius 1 is 0.833 bits per heavy atom. The lowest BCUT2D eigenvalue weighted by molar-refractivity contribution is -0.110. The number of fused-ring (bicyclic) bond motifs is 2. The number of morpholine rings is 1. The molecule has 2 saturated heterocycles. The number of nitrogens with one attached hydrogen (secondary N) is 1. The van der Waals surface area contributed by atoms with Gasteiger partial charge in [-0.25, -0.2) is 4.39 Å². The first-order valence-electron chi connectivity index (χ1n) is 13.0. The van der Waals surface area contributed by atoms with Crippen molar-refractivity contribution in [1.29, 1.82) is 0 Å². The number of hydrogen-bond donors (Lipinski definition) is 1. The molecule has 7 nitrogen and oxygen atoms in total. The van der Waals surface area contributed by atoms with Crippen LogP contribution in [0.2, 0.25) is 0 Å². The van der Waals surface area contributed by atoms with E-state index in [-0.39, 0.29) is 11.7 Å². The smallest absolute Gasteiger partial charge is 0.260 e.